The molecule has 0 bridgehead atoms. The van der Waals surface area contributed by atoms with Crippen LogP contribution >= 0.6 is 0 Å². The standard InChI is InChI=1S/C15H25NO2/c1-2-18-15(13-16)10-12-17-11-6-9-14-7-4-3-5-8-14/h3-5,7-8,15H,2,6,9-13,16H2,1H3. The summed E-state index contributed by atoms with van der Waals surface area (Å²) in [4.78, 5) is 0. The van der Waals surface area contributed by atoms with E-state index in [1.54, 1.807) is 0 Å². The molecule has 1 unspecified atom stereocenters. The first-order valence-corrected chi connectivity index (χ1v) is 6.80. The summed E-state index contributed by atoms with van der Waals surface area (Å²) in [5.41, 5.74) is 6.97. The second kappa shape index (κ2) is 10.1. The minimum absolute atomic E-state index is 0.143. The average molecular weight is 251 g/mol. The fourth-order valence-corrected chi connectivity index (χ4v) is 1.84. The van der Waals surface area contributed by atoms with Gasteiger partial charge in [-0.05, 0) is 31.7 Å². The van der Waals surface area contributed by atoms with Gasteiger partial charge in [0, 0.05) is 26.4 Å². The molecule has 18 heavy (non-hydrogen) atoms. The van der Waals surface area contributed by atoms with Gasteiger partial charge in [-0.2, -0.15) is 0 Å². The van der Waals surface area contributed by atoms with Crippen molar-refractivity contribution in [1.82, 2.24) is 0 Å². The van der Waals surface area contributed by atoms with Crippen LogP contribution in [0.2, 0.25) is 0 Å². The molecule has 0 saturated heterocycles. The first-order valence-electron chi connectivity index (χ1n) is 6.80. The van der Waals surface area contributed by atoms with Crippen molar-refractivity contribution >= 4 is 0 Å². The Hall–Kier alpha value is -0.900. The summed E-state index contributed by atoms with van der Waals surface area (Å²) in [6.07, 6.45) is 3.16. The third kappa shape index (κ3) is 6.74. The van der Waals surface area contributed by atoms with Crippen molar-refractivity contribution in [3.63, 3.8) is 0 Å². The highest BCUT2D eigenvalue weighted by Gasteiger charge is 2.04. The van der Waals surface area contributed by atoms with Crippen LogP contribution in [0.15, 0.2) is 30.3 Å². The summed E-state index contributed by atoms with van der Waals surface area (Å²) >= 11 is 0. The van der Waals surface area contributed by atoms with Gasteiger partial charge in [0.25, 0.3) is 0 Å². The Kier molecular flexibility index (Phi) is 8.47. The van der Waals surface area contributed by atoms with E-state index >= 15 is 0 Å². The van der Waals surface area contributed by atoms with Crippen LogP contribution in [0.1, 0.15) is 25.3 Å². The molecular weight excluding hydrogens is 226 g/mol. The quantitative estimate of drug-likeness (QED) is 0.649. The molecule has 0 amide bonds. The first-order chi connectivity index (χ1) is 8.86. The van der Waals surface area contributed by atoms with Gasteiger partial charge in [0.1, 0.15) is 0 Å². The Morgan fingerprint density at radius 3 is 2.61 bits per heavy atom. The topological polar surface area (TPSA) is 44.5 Å². The van der Waals surface area contributed by atoms with E-state index in [0.717, 1.165) is 39.1 Å². The zero-order valence-electron chi connectivity index (χ0n) is 11.3. The normalized spacial score (nSPS) is 12.6. The highest BCUT2D eigenvalue weighted by Crippen LogP contribution is 2.03. The van der Waals surface area contributed by atoms with Crippen LogP contribution in [0.3, 0.4) is 0 Å². The van der Waals surface area contributed by atoms with Crippen molar-refractivity contribution in [3.8, 4) is 0 Å². The van der Waals surface area contributed by atoms with Crippen LogP contribution in [0, 0.1) is 0 Å². The number of hydrogen-bond donors (Lipinski definition) is 1. The van der Waals surface area contributed by atoms with Gasteiger partial charge in [0.05, 0.1) is 6.10 Å². The van der Waals surface area contributed by atoms with E-state index in [9.17, 15) is 0 Å². The third-order valence-corrected chi connectivity index (χ3v) is 2.85. The monoisotopic (exact) mass is 251 g/mol. The van der Waals surface area contributed by atoms with Crippen molar-refractivity contribution in [2.24, 2.45) is 5.73 Å². The van der Waals surface area contributed by atoms with Crippen molar-refractivity contribution in [2.45, 2.75) is 32.3 Å². The van der Waals surface area contributed by atoms with Gasteiger partial charge in [0.15, 0.2) is 0 Å². The summed E-state index contributed by atoms with van der Waals surface area (Å²) < 4.78 is 11.1. The second-order valence-corrected chi connectivity index (χ2v) is 4.30. The molecule has 1 rings (SSSR count). The molecule has 1 aromatic carbocycles. The lowest BCUT2D eigenvalue weighted by molar-refractivity contribution is 0.0323. The fraction of sp³-hybridized carbons (Fsp3) is 0.600. The molecule has 0 aromatic heterocycles. The molecule has 1 aromatic rings. The van der Waals surface area contributed by atoms with E-state index in [2.05, 4.69) is 24.3 Å². The lowest BCUT2D eigenvalue weighted by Gasteiger charge is -2.14. The number of hydrogen-bond acceptors (Lipinski definition) is 3. The molecule has 0 aliphatic carbocycles. The Morgan fingerprint density at radius 2 is 1.94 bits per heavy atom. The summed E-state index contributed by atoms with van der Waals surface area (Å²) in [5, 5.41) is 0. The first kappa shape index (κ1) is 15.2. The Morgan fingerprint density at radius 1 is 1.17 bits per heavy atom. The van der Waals surface area contributed by atoms with E-state index in [1.165, 1.54) is 5.56 Å². The van der Waals surface area contributed by atoms with Gasteiger partial charge in [0.2, 0.25) is 0 Å². The summed E-state index contributed by atoms with van der Waals surface area (Å²) in [6.45, 7) is 4.81. The molecule has 0 radical (unpaired) electrons. The predicted octanol–water partition coefficient (Wildman–Crippen LogP) is 2.39. The summed E-state index contributed by atoms with van der Waals surface area (Å²) in [6, 6.07) is 10.5. The van der Waals surface area contributed by atoms with Gasteiger partial charge < -0.3 is 15.2 Å². The predicted molar refractivity (Wildman–Crippen MR) is 74.7 cm³/mol. The SMILES string of the molecule is CCOC(CN)CCOCCCc1ccccc1. The van der Waals surface area contributed by atoms with Gasteiger partial charge in [-0.1, -0.05) is 30.3 Å². The molecule has 102 valence electrons. The Bertz CT molecular complexity index is 290. The minimum Gasteiger partial charge on any atom is -0.381 e. The maximum Gasteiger partial charge on any atom is 0.0719 e. The molecule has 3 nitrogen and oxygen atoms in total. The van der Waals surface area contributed by atoms with E-state index < -0.39 is 0 Å². The van der Waals surface area contributed by atoms with Crippen molar-refractivity contribution in [2.75, 3.05) is 26.4 Å². The molecular formula is C15H25NO2. The van der Waals surface area contributed by atoms with Crippen LogP contribution < -0.4 is 5.73 Å². The van der Waals surface area contributed by atoms with E-state index in [-0.39, 0.29) is 6.10 Å². The zero-order valence-corrected chi connectivity index (χ0v) is 11.3. The van der Waals surface area contributed by atoms with Gasteiger partial charge >= 0.3 is 0 Å². The fourth-order valence-electron chi connectivity index (χ4n) is 1.84. The third-order valence-electron chi connectivity index (χ3n) is 2.85. The lowest BCUT2D eigenvalue weighted by Crippen LogP contribution is -2.25. The van der Waals surface area contributed by atoms with E-state index in [1.807, 2.05) is 13.0 Å². The number of nitrogens with two attached hydrogens (primary N) is 1. The van der Waals surface area contributed by atoms with Crippen LogP contribution in [-0.2, 0) is 15.9 Å². The second-order valence-electron chi connectivity index (χ2n) is 4.30. The van der Waals surface area contributed by atoms with Crippen LogP contribution in [0.5, 0.6) is 0 Å². The Balaban J connectivity index is 1.98. The van der Waals surface area contributed by atoms with Gasteiger partial charge in [-0.25, -0.2) is 0 Å². The summed E-state index contributed by atoms with van der Waals surface area (Å²) in [7, 11) is 0. The smallest absolute Gasteiger partial charge is 0.0719 e. The largest absolute Gasteiger partial charge is 0.381 e. The Labute approximate surface area is 110 Å². The van der Waals surface area contributed by atoms with E-state index in [4.69, 9.17) is 15.2 Å². The molecule has 1 atom stereocenters. The van der Waals surface area contributed by atoms with E-state index in [0.29, 0.717) is 6.54 Å². The molecule has 3 heteroatoms. The molecule has 0 fully saturated rings. The molecule has 0 spiro atoms. The zero-order chi connectivity index (χ0) is 13.1. The van der Waals surface area contributed by atoms with Crippen LogP contribution in [-0.4, -0.2) is 32.5 Å². The average Bonchev–Trinajstić information content (AvgIpc) is 2.42. The highest BCUT2D eigenvalue weighted by atomic mass is 16.5. The summed E-state index contributed by atoms with van der Waals surface area (Å²) in [5.74, 6) is 0. The maximum atomic E-state index is 5.60. The number of benzene rings is 1. The number of aryl methyl sites for hydroxylation is 1. The molecule has 0 aliphatic rings. The van der Waals surface area contributed by atoms with Crippen molar-refractivity contribution < 1.29 is 9.47 Å². The molecule has 0 heterocycles. The molecule has 0 aliphatic heterocycles. The number of rotatable bonds is 10. The van der Waals surface area contributed by atoms with Crippen LogP contribution in [0.25, 0.3) is 0 Å². The highest BCUT2D eigenvalue weighted by molar-refractivity contribution is 5.14. The number of ether oxygens (including phenoxy) is 2. The van der Waals surface area contributed by atoms with Crippen molar-refractivity contribution in [1.29, 1.82) is 0 Å². The molecule has 0 saturated carbocycles. The molecule has 2 N–H and O–H groups in total. The minimum atomic E-state index is 0.143. The van der Waals surface area contributed by atoms with Gasteiger partial charge in [-0.15, -0.1) is 0 Å². The maximum absolute atomic E-state index is 5.60. The van der Waals surface area contributed by atoms with Gasteiger partial charge in [-0.3, -0.25) is 0 Å². The van der Waals surface area contributed by atoms with Crippen LogP contribution in [0.4, 0.5) is 0 Å². The lowest BCUT2D eigenvalue weighted by atomic mass is 10.1. The van der Waals surface area contributed by atoms with Crippen molar-refractivity contribution in [3.05, 3.63) is 35.9 Å².